The molecule has 1 aliphatic rings. The number of terminal acetylenes is 1. The normalized spacial score (nSPS) is 15.4. The lowest BCUT2D eigenvalue weighted by Gasteiger charge is -2.28. The topological polar surface area (TPSA) is 52.1 Å². The molecule has 0 atom stereocenters. The van der Waals surface area contributed by atoms with E-state index in [1.165, 1.54) is 6.07 Å². The minimum absolute atomic E-state index is 0.210. The van der Waals surface area contributed by atoms with E-state index in [-0.39, 0.29) is 11.7 Å². The lowest BCUT2D eigenvalue weighted by molar-refractivity contribution is 0.116. The number of H-pyrrole nitrogens is 1. The Labute approximate surface area is 178 Å². The van der Waals surface area contributed by atoms with Gasteiger partial charge in [0.25, 0.3) is 0 Å². The molecule has 7 heteroatoms. The van der Waals surface area contributed by atoms with Gasteiger partial charge in [0.2, 0.25) is 0 Å². The minimum Gasteiger partial charge on any atom is -0.393 e. The summed E-state index contributed by atoms with van der Waals surface area (Å²) in [5.41, 5.74) is 3.43. The van der Waals surface area contributed by atoms with E-state index in [1.807, 2.05) is 24.3 Å². The van der Waals surface area contributed by atoms with Crippen molar-refractivity contribution >= 4 is 23.5 Å². The second kappa shape index (κ2) is 8.60. The third kappa shape index (κ3) is 4.49. The molecule has 2 heterocycles. The molecule has 2 aromatic carbocycles. The van der Waals surface area contributed by atoms with Crippen LogP contribution in [0.4, 0.5) is 4.39 Å². The Kier molecular flexibility index (Phi) is 5.93. The van der Waals surface area contributed by atoms with Crippen LogP contribution in [0.15, 0.2) is 47.4 Å². The van der Waals surface area contributed by atoms with Gasteiger partial charge in [0.05, 0.1) is 28.1 Å². The summed E-state index contributed by atoms with van der Waals surface area (Å²) >= 11 is 8.01. The first-order valence-electron chi connectivity index (χ1n) is 9.26. The number of nitrogens with zero attached hydrogens (tertiary/aromatic N) is 2. The number of nitrogens with one attached hydrogen (secondary N) is 1. The molecule has 0 bridgehead atoms. The standard InChI is InChI=1S/C22H19ClFN3OS/c1-2-14-11-15(4-6-19(14)24)20-13-21(26-25-20)16-3-5-18(23)22(12-16)29-27-9-7-17(28)8-10-27/h1,3-6,11-13,17,28H,7-10H2,(H,25,26). The monoisotopic (exact) mass is 427 g/mol. The zero-order valence-electron chi connectivity index (χ0n) is 15.5. The molecule has 1 aromatic heterocycles. The number of aromatic nitrogens is 2. The maximum Gasteiger partial charge on any atom is 0.138 e. The summed E-state index contributed by atoms with van der Waals surface area (Å²) in [5.74, 6) is 1.93. The Morgan fingerprint density at radius 1 is 1.17 bits per heavy atom. The summed E-state index contributed by atoms with van der Waals surface area (Å²) in [7, 11) is 0. The first-order chi connectivity index (χ1) is 14.0. The Hall–Kier alpha value is -2.30. The van der Waals surface area contributed by atoms with Gasteiger partial charge in [-0.3, -0.25) is 5.10 Å². The van der Waals surface area contributed by atoms with Crippen molar-refractivity contribution in [2.75, 3.05) is 13.1 Å². The van der Waals surface area contributed by atoms with Crippen LogP contribution in [-0.2, 0) is 0 Å². The highest BCUT2D eigenvalue weighted by Gasteiger charge is 2.19. The van der Waals surface area contributed by atoms with Crippen molar-refractivity contribution in [1.29, 1.82) is 0 Å². The van der Waals surface area contributed by atoms with E-state index in [2.05, 4.69) is 20.4 Å². The number of aliphatic hydroxyl groups is 1. The molecule has 0 saturated carbocycles. The third-order valence-electron chi connectivity index (χ3n) is 4.89. The second-order valence-electron chi connectivity index (χ2n) is 6.90. The molecule has 29 heavy (non-hydrogen) atoms. The second-order valence-corrected chi connectivity index (χ2v) is 8.45. The maximum absolute atomic E-state index is 13.6. The zero-order chi connectivity index (χ0) is 20.4. The fourth-order valence-corrected chi connectivity index (χ4v) is 4.45. The van der Waals surface area contributed by atoms with Crippen molar-refractivity contribution in [1.82, 2.24) is 14.5 Å². The number of rotatable bonds is 4. The van der Waals surface area contributed by atoms with Crippen molar-refractivity contribution in [3.63, 3.8) is 0 Å². The maximum atomic E-state index is 13.6. The molecule has 0 unspecified atom stereocenters. The molecule has 0 radical (unpaired) electrons. The largest absolute Gasteiger partial charge is 0.393 e. The SMILES string of the molecule is C#Cc1cc(-c2cc(-c3ccc(Cl)c(SN4CCC(O)CC4)c3)[nH]n2)ccc1F. The van der Waals surface area contributed by atoms with Crippen molar-refractivity contribution in [3.8, 4) is 34.9 Å². The van der Waals surface area contributed by atoms with Crippen LogP contribution < -0.4 is 0 Å². The van der Waals surface area contributed by atoms with Crippen LogP contribution in [0, 0.1) is 18.2 Å². The Morgan fingerprint density at radius 2 is 1.93 bits per heavy atom. The molecular weight excluding hydrogens is 409 g/mol. The molecule has 1 aliphatic heterocycles. The van der Waals surface area contributed by atoms with Gasteiger partial charge < -0.3 is 5.11 Å². The summed E-state index contributed by atoms with van der Waals surface area (Å²) in [6.45, 7) is 1.64. The van der Waals surface area contributed by atoms with Gasteiger partial charge in [0, 0.05) is 29.1 Å². The highest BCUT2D eigenvalue weighted by atomic mass is 35.5. The van der Waals surface area contributed by atoms with Crippen molar-refractivity contribution in [2.24, 2.45) is 0 Å². The number of hydrogen-bond acceptors (Lipinski definition) is 4. The Bertz CT molecular complexity index is 1070. The van der Waals surface area contributed by atoms with Gasteiger partial charge in [0.15, 0.2) is 0 Å². The number of hydrogen-bond donors (Lipinski definition) is 2. The molecular formula is C22H19ClFN3OS. The molecule has 0 amide bonds. The van der Waals surface area contributed by atoms with E-state index in [1.54, 1.807) is 24.1 Å². The van der Waals surface area contributed by atoms with E-state index in [0.29, 0.717) is 10.7 Å². The molecule has 4 nitrogen and oxygen atoms in total. The van der Waals surface area contributed by atoms with Gasteiger partial charge in [-0.25, -0.2) is 8.70 Å². The summed E-state index contributed by atoms with van der Waals surface area (Å²) in [4.78, 5) is 0.952. The zero-order valence-corrected chi connectivity index (χ0v) is 17.1. The molecule has 1 fully saturated rings. The van der Waals surface area contributed by atoms with Crippen LogP contribution in [0.2, 0.25) is 5.02 Å². The number of aromatic amines is 1. The minimum atomic E-state index is -0.420. The number of piperidine rings is 1. The van der Waals surface area contributed by atoms with Crippen molar-refractivity contribution in [3.05, 3.63) is 58.9 Å². The van der Waals surface area contributed by atoms with E-state index >= 15 is 0 Å². The van der Waals surface area contributed by atoms with Crippen LogP contribution >= 0.6 is 23.5 Å². The molecule has 0 aliphatic carbocycles. The highest BCUT2D eigenvalue weighted by Crippen LogP contribution is 2.35. The quantitative estimate of drug-likeness (QED) is 0.455. The molecule has 4 rings (SSSR count). The van der Waals surface area contributed by atoms with Crippen LogP contribution in [0.3, 0.4) is 0 Å². The van der Waals surface area contributed by atoms with Gasteiger partial charge in [0.1, 0.15) is 5.82 Å². The van der Waals surface area contributed by atoms with E-state index in [9.17, 15) is 9.50 Å². The Balaban J connectivity index is 1.57. The summed E-state index contributed by atoms with van der Waals surface area (Å²) in [5, 5.41) is 17.7. The predicted octanol–water partition coefficient (Wildman–Crippen LogP) is 4.98. The lowest BCUT2D eigenvalue weighted by Crippen LogP contribution is -2.31. The van der Waals surface area contributed by atoms with Gasteiger partial charge in [-0.15, -0.1) is 6.42 Å². The predicted molar refractivity (Wildman–Crippen MR) is 115 cm³/mol. The van der Waals surface area contributed by atoms with Gasteiger partial charge in [-0.2, -0.15) is 5.10 Å². The highest BCUT2D eigenvalue weighted by molar-refractivity contribution is 7.97. The summed E-state index contributed by atoms with van der Waals surface area (Å²) in [6.07, 6.45) is 6.69. The number of aliphatic hydroxyl groups excluding tert-OH is 1. The number of halogens is 2. The van der Waals surface area contributed by atoms with Crippen molar-refractivity contribution < 1.29 is 9.50 Å². The summed E-state index contributed by atoms with van der Waals surface area (Å²) < 4.78 is 15.9. The van der Waals surface area contributed by atoms with Crippen LogP contribution in [0.5, 0.6) is 0 Å². The van der Waals surface area contributed by atoms with Gasteiger partial charge in [-0.05, 0) is 61.2 Å². The fourth-order valence-electron chi connectivity index (χ4n) is 3.23. The average Bonchev–Trinajstić information content (AvgIpc) is 3.22. The van der Waals surface area contributed by atoms with E-state index in [4.69, 9.17) is 18.0 Å². The molecule has 148 valence electrons. The lowest BCUT2D eigenvalue weighted by atomic mass is 10.1. The average molecular weight is 428 g/mol. The first kappa shape index (κ1) is 20.0. The smallest absolute Gasteiger partial charge is 0.138 e. The third-order valence-corrected chi connectivity index (χ3v) is 6.49. The van der Waals surface area contributed by atoms with E-state index in [0.717, 1.165) is 47.6 Å². The van der Waals surface area contributed by atoms with Crippen LogP contribution in [0.1, 0.15) is 18.4 Å². The molecule has 2 N–H and O–H groups in total. The van der Waals surface area contributed by atoms with Crippen LogP contribution in [-0.4, -0.2) is 38.8 Å². The fraction of sp³-hybridized carbons (Fsp3) is 0.227. The number of benzene rings is 2. The first-order valence-corrected chi connectivity index (χ1v) is 10.4. The van der Waals surface area contributed by atoms with Gasteiger partial charge >= 0.3 is 0 Å². The van der Waals surface area contributed by atoms with Crippen molar-refractivity contribution in [2.45, 2.75) is 23.8 Å². The van der Waals surface area contributed by atoms with Gasteiger partial charge in [-0.1, -0.05) is 23.6 Å². The molecule has 0 spiro atoms. The van der Waals surface area contributed by atoms with E-state index < -0.39 is 5.82 Å². The summed E-state index contributed by atoms with van der Waals surface area (Å²) in [6, 6.07) is 12.3. The molecule has 3 aromatic rings. The molecule has 1 saturated heterocycles. The Morgan fingerprint density at radius 3 is 2.69 bits per heavy atom. The van der Waals surface area contributed by atoms with Crippen LogP contribution in [0.25, 0.3) is 22.5 Å².